The third-order valence-corrected chi connectivity index (χ3v) is 5.03. The molecule has 0 aromatic carbocycles. The van der Waals surface area contributed by atoms with Crippen molar-refractivity contribution in [1.29, 1.82) is 0 Å². The van der Waals surface area contributed by atoms with Crippen molar-refractivity contribution >= 4 is 5.91 Å². The molecule has 2 fully saturated rings. The molecule has 0 bridgehead atoms. The molecule has 0 aromatic heterocycles. The highest BCUT2D eigenvalue weighted by Crippen LogP contribution is 2.34. The summed E-state index contributed by atoms with van der Waals surface area (Å²) in [5.74, 6) is 0.670. The van der Waals surface area contributed by atoms with E-state index in [1.165, 1.54) is 13.0 Å². The zero-order chi connectivity index (χ0) is 13.9. The second kappa shape index (κ2) is 6.23. The summed E-state index contributed by atoms with van der Waals surface area (Å²) in [6.07, 6.45) is 3.30. The molecule has 2 heterocycles. The molecule has 0 saturated carbocycles. The minimum absolute atomic E-state index is 0.186. The maximum Gasteiger partial charge on any atom is 0.228 e. The Balaban J connectivity index is 1.95. The molecule has 0 spiro atoms. The number of likely N-dealkylation sites (tertiary alicyclic amines) is 1. The zero-order valence-electron chi connectivity index (χ0n) is 12.7. The Kier molecular flexibility index (Phi) is 4.85. The second-order valence-electron chi connectivity index (χ2n) is 6.44. The van der Waals surface area contributed by atoms with Crippen molar-refractivity contribution < 1.29 is 4.79 Å². The van der Waals surface area contributed by atoms with Crippen LogP contribution in [-0.4, -0.2) is 49.6 Å². The van der Waals surface area contributed by atoms with Gasteiger partial charge in [0.1, 0.15) is 0 Å². The van der Waals surface area contributed by atoms with Crippen molar-refractivity contribution in [1.82, 2.24) is 15.5 Å². The summed E-state index contributed by atoms with van der Waals surface area (Å²) in [5.41, 5.74) is -0.186. The summed E-state index contributed by atoms with van der Waals surface area (Å²) in [5, 5.41) is 6.69. The Morgan fingerprint density at radius 3 is 2.89 bits per heavy atom. The lowest BCUT2D eigenvalue weighted by Crippen LogP contribution is -2.53. The highest BCUT2D eigenvalue weighted by atomic mass is 16.2. The van der Waals surface area contributed by atoms with E-state index < -0.39 is 0 Å². The molecule has 0 aromatic rings. The predicted molar refractivity (Wildman–Crippen MR) is 78.0 cm³/mol. The molecule has 0 aliphatic carbocycles. The van der Waals surface area contributed by atoms with E-state index >= 15 is 0 Å². The minimum Gasteiger partial charge on any atom is -0.352 e. The number of amides is 1. The Morgan fingerprint density at radius 2 is 2.32 bits per heavy atom. The van der Waals surface area contributed by atoms with Crippen LogP contribution in [0.15, 0.2) is 0 Å². The fourth-order valence-corrected chi connectivity index (χ4v) is 3.45. The first kappa shape index (κ1) is 14.8. The molecule has 2 N–H and O–H groups in total. The zero-order valence-corrected chi connectivity index (χ0v) is 12.7. The number of likely N-dealkylation sites (N-methyl/N-ethyl adjacent to an activating group) is 1. The van der Waals surface area contributed by atoms with Gasteiger partial charge >= 0.3 is 0 Å². The summed E-state index contributed by atoms with van der Waals surface area (Å²) in [6.45, 7) is 11.6. The van der Waals surface area contributed by atoms with Crippen LogP contribution in [0, 0.1) is 11.3 Å². The van der Waals surface area contributed by atoms with E-state index in [1.807, 2.05) is 0 Å². The summed E-state index contributed by atoms with van der Waals surface area (Å²) in [4.78, 5) is 15.1. The van der Waals surface area contributed by atoms with Crippen molar-refractivity contribution in [3.63, 3.8) is 0 Å². The van der Waals surface area contributed by atoms with Crippen LogP contribution in [0.4, 0.5) is 0 Å². The number of carbonyl (C=O) groups excluding carboxylic acids is 1. The average Bonchev–Trinajstić information content (AvgIpc) is 2.89. The summed E-state index contributed by atoms with van der Waals surface area (Å²) in [7, 11) is 0. The third kappa shape index (κ3) is 3.11. The van der Waals surface area contributed by atoms with Crippen LogP contribution in [0.5, 0.6) is 0 Å². The number of carbonyl (C=O) groups is 1. The lowest BCUT2D eigenvalue weighted by atomic mass is 9.75. The fraction of sp³-hybridized carbons (Fsp3) is 0.933. The molecule has 4 nitrogen and oxygen atoms in total. The molecular formula is C15H29N3O. The molecule has 2 unspecified atom stereocenters. The molecule has 1 amide bonds. The molecular weight excluding hydrogens is 238 g/mol. The van der Waals surface area contributed by atoms with E-state index in [0.29, 0.717) is 12.0 Å². The molecule has 2 atom stereocenters. The molecule has 2 aliphatic rings. The first-order valence-corrected chi connectivity index (χ1v) is 7.82. The smallest absolute Gasteiger partial charge is 0.228 e. The lowest BCUT2D eigenvalue weighted by molar-refractivity contribution is -0.133. The van der Waals surface area contributed by atoms with Gasteiger partial charge in [0.25, 0.3) is 0 Å². The van der Waals surface area contributed by atoms with Crippen LogP contribution in [0.3, 0.4) is 0 Å². The number of piperidine rings is 1. The first-order chi connectivity index (χ1) is 9.08. The van der Waals surface area contributed by atoms with Crippen molar-refractivity contribution in [3.8, 4) is 0 Å². The van der Waals surface area contributed by atoms with Gasteiger partial charge in [0.2, 0.25) is 5.91 Å². The molecule has 19 heavy (non-hydrogen) atoms. The summed E-state index contributed by atoms with van der Waals surface area (Å²) < 4.78 is 0. The Morgan fingerprint density at radius 1 is 1.53 bits per heavy atom. The highest BCUT2D eigenvalue weighted by molar-refractivity contribution is 5.84. The molecule has 0 radical (unpaired) electrons. The van der Waals surface area contributed by atoms with Crippen molar-refractivity contribution in [2.24, 2.45) is 11.3 Å². The van der Waals surface area contributed by atoms with Gasteiger partial charge in [-0.25, -0.2) is 0 Å². The molecule has 2 aliphatic heterocycles. The van der Waals surface area contributed by atoms with Crippen molar-refractivity contribution in [2.75, 3.05) is 32.7 Å². The van der Waals surface area contributed by atoms with Gasteiger partial charge in [-0.2, -0.15) is 0 Å². The average molecular weight is 267 g/mol. The number of hydrogen-bond acceptors (Lipinski definition) is 3. The van der Waals surface area contributed by atoms with Gasteiger partial charge in [-0.05, 0) is 44.8 Å². The minimum atomic E-state index is -0.186. The maximum absolute atomic E-state index is 12.7. The molecule has 4 heteroatoms. The normalized spacial score (nSPS) is 32.7. The van der Waals surface area contributed by atoms with E-state index in [9.17, 15) is 4.79 Å². The first-order valence-electron chi connectivity index (χ1n) is 7.82. The van der Waals surface area contributed by atoms with E-state index in [2.05, 4.69) is 36.3 Å². The number of nitrogens with zero attached hydrogens (tertiary/aromatic N) is 1. The van der Waals surface area contributed by atoms with Crippen molar-refractivity contribution in [3.05, 3.63) is 0 Å². The van der Waals surface area contributed by atoms with Gasteiger partial charge in [-0.3, -0.25) is 4.79 Å². The van der Waals surface area contributed by atoms with Gasteiger partial charge in [-0.15, -0.1) is 0 Å². The quantitative estimate of drug-likeness (QED) is 0.805. The van der Waals surface area contributed by atoms with Crippen LogP contribution in [0.25, 0.3) is 0 Å². The van der Waals surface area contributed by atoms with Gasteiger partial charge in [-0.1, -0.05) is 20.8 Å². The Hall–Kier alpha value is -0.610. The largest absolute Gasteiger partial charge is 0.352 e. The summed E-state index contributed by atoms with van der Waals surface area (Å²) in [6, 6.07) is 0.345. The Labute approximate surface area is 117 Å². The fourth-order valence-electron chi connectivity index (χ4n) is 3.45. The number of rotatable bonds is 4. The van der Waals surface area contributed by atoms with E-state index in [1.54, 1.807) is 0 Å². The van der Waals surface area contributed by atoms with Crippen LogP contribution in [0.2, 0.25) is 0 Å². The van der Waals surface area contributed by atoms with Crippen LogP contribution in [0.1, 0.15) is 40.0 Å². The highest BCUT2D eigenvalue weighted by Gasteiger charge is 2.44. The van der Waals surface area contributed by atoms with Crippen molar-refractivity contribution in [2.45, 2.75) is 46.1 Å². The Bertz CT molecular complexity index is 311. The van der Waals surface area contributed by atoms with Crippen LogP contribution >= 0.6 is 0 Å². The lowest BCUT2D eigenvalue weighted by Gasteiger charge is -2.37. The molecule has 110 valence electrons. The SMILES string of the molecule is CCN1CCCC(NC(=O)C2(C(C)C)CCNC2)C1. The van der Waals surface area contributed by atoms with Gasteiger partial charge in [0.15, 0.2) is 0 Å². The summed E-state index contributed by atoms with van der Waals surface area (Å²) >= 11 is 0. The van der Waals surface area contributed by atoms with Gasteiger partial charge < -0.3 is 15.5 Å². The monoisotopic (exact) mass is 267 g/mol. The van der Waals surface area contributed by atoms with E-state index in [4.69, 9.17) is 0 Å². The predicted octanol–water partition coefficient (Wildman–Crippen LogP) is 1.22. The standard InChI is InChI=1S/C15H29N3O/c1-4-18-9-5-6-13(10-18)17-14(19)15(12(2)3)7-8-16-11-15/h12-13,16H,4-11H2,1-3H3,(H,17,19). The van der Waals surface area contributed by atoms with E-state index in [-0.39, 0.29) is 11.3 Å². The topological polar surface area (TPSA) is 44.4 Å². The van der Waals surface area contributed by atoms with Crippen LogP contribution < -0.4 is 10.6 Å². The van der Waals surface area contributed by atoms with Gasteiger partial charge in [0, 0.05) is 19.1 Å². The van der Waals surface area contributed by atoms with E-state index in [0.717, 1.165) is 39.0 Å². The molecule has 2 rings (SSSR count). The number of nitrogens with one attached hydrogen (secondary N) is 2. The number of hydrogen-bond donors (Lipinski definition) is 2. The third-order valence-electron chi connectivity index (χ3n) is 5.03. The van der Waals surface area contributed by atoms with Crippen LogP contribution in [-0.2, 0) is 4.79 Å². The second-order valence-corrected chi connectivity index (χ2v) is 6.44. The molecule has 2 saturated heterocycles. The van der Waals surface area contributed by atoms with Gasteiger partial charge in [0.05, 0.1) is 5.41 Å². The maximum atomic E-state index is 12.7.